The SMILES string of the molecule is Cc1cc(C)c(NC(=O)CNC(=O)/C=C/c2ccccc2F)c(C)c1. The zero-order valence-electron chi connectivity index (χ0n) is 14.5. The highest BCUT2D eigenvalue weighted by Crippen LogP contribution is 2.21. The van der Waals surface area contributed by atoms with Crippen molar-refractivity contribution in [2.24, 2.45) is 0 Å². The highest BCUT2D eigenvalue weighted by atomic mass is 19.1. The molecule has 0 atom stereocenters. The second-order valence-corrected chi connectivity index (χ2v) is 5.89. The van der Waals surface area contributed by atoms with Crippen molar-refractivity contribution in [1.82, 2.24) is 5.32 Å². The van der Waals surface area contributed by atoms with Gasteiger partial charge in [0.2, 0.25) is 11.8 Å². The van der Waals surface area contributed by atoms with E-state index in [1.807, 2.05) is 32.9 Å². The predicted molar refractivity (Wildman–Crippen MR) is 97.7 cm³/mol. The Morgan fingerprint density at radius 2 is 1.72 bits per heavy atom. The molecular weight excluding hydrogens is 319 g/mol. The molecule has 0 bridgehead atoms. The second-order valence-electron chi connectivity index (χ2n) is 5.89. The maximum atomic E-state index is 13.5. The van der Waals surface area contributed by atoms with Gasteiger partial charge in [0.15, 0.2) is 0 Å². The van der Waals surface area contributed by atoms with Gasteiger partial charge in [-0.15, -0.1) is 0 Å². The first-order chi connectivity index (χ1) is 11.9. The summed E-state index contributed by atoms with van der Waals surface area (Å²) < 4.78 is 13.5. The van der Waals surface area contributed by atoms with Crippen LogP contribution in [0.15, 0.2) is 42.5 Å². The van der Waals surface area contributed by atoms with Crippen LogP contribution in [0.3, 0.4) is 0 Å². The molecule has 25 heavy (non-hydrogen) atoms. The van der Waals surface area contributed by atoms with Gasteiger partial charge in [0.1, 0.15) is 5.82 Å². The van der Waals surface area contributed by atoms with Gasteiger partial charge in [-0.2, -0.15) is 0 Å². The van der Waals surface area contributed by atoms with E-state index in [-0.39, 0.29) is 12.5 Å². The fraction of sp³-hybridized carbons (Fsp3) is 0.200. The fourth-order valence-electron chi connectivity index (χ4n) is 2.56. The monoisotopic (exact) mass is 340 g/mol. The van der Waals surface area contributed by atoms with Gasteiger partial charge in [0.25, 0.3) is 0 Å². The van der Waals surface area contributed by atoms with Crippen molar-refractivity contribution in [1.29, 1.82) is 0 Å². The Balaban J connectivity index is 1.90. The number of halogens is 1. The van der Waals surface area contributed by atoms with Gasteiger partial charge in [-0.05, 0) is 44.0 Å². The molecule has 2 rings (SSSR count). The van der Waals surface area contributed by atoms with Crippen molar-refractivity contribution in [2.45, 2.75) is 20.8 Å². The van der Waals surface area contributed by atoms with Crippen molar-refractivity contribution in [3.05, 3.63) is 70.5 Å². The standard InChI is InChI=1S/C20H21FN2O2/c1-13-10-14(2)20(15(3)11-13)23-19(25)12-22-18(24)9-8-16-6-4-5-7-17(16)21/h4-11H,12H2,1-3H3,(H,22,24)(H,23,25)/b9-8+. The lowest BCUT2D eigenvalue weighted by Gasteiger charge is -2.13. The lowest BCUT2D eigenvalue weighted by molar-refractivity contribution is -0.121. The molecule has 0 unspecified atom stereocenters. The normalized spacial score (nSPS) is 10.7. The first-order valence-electron chi connectivity index (χ1n) is 7.95. The Morgan fingerprint density at radius 3 is 2.36 bits per heavy atom. The van der Waals surface area contributed by atoms with Crippen molar-refractivity contribution in [3.8, 4) is 0 Å². The summed E-state index contributed by atoms with van der Waals surface area (Å²) in [6.07, 6.45) is 2.57. The van der Waals surface area contributed by atoms with Crippen molar-refractivity contribution < 1.29 is 14.0 Å². The molecule has 2 aromatic carbocycles. The maximum Gasteiger partial charge on any atom is 0.244 e. The van der Waals surface area contributed by atoms with E-state index in [0.29, 0.717) is 5.56 Å². The van der Waals surface area contributed by atoms with Gasteiger partial charge in [0.05, 0.1) is 6.54 Å². The van der Waals surface area contributed by atoms with Crippen LogP contribution in [0.1, 0.15) is 22.3 Å². The molecule has 0 heterocycles. The Hall–Kier alpha value is -2.95. The van der Waals surface area contributed by atoms with Gasteiger partial charge in [0, 0.05) is 17.3 Å². The number of hydrogen-bond donors (Lipinski definition) is 2. The fourth-order valence-corrected chi connectivity index (χ4v) is 2.56. The van der Waals surface area contributed by atoms with E-state index in [1.165, 1.54) is 18.2 Å². The molecule has 5 heteroatoms. The minimum absolute atomic E-state index is 0.160. The van der Waals surface area contributed by atoms with Crippen molar-refractivity contribution in [3.63, 3.8) is 0 Å². The van der Waals surface area contributed by atoms with Gasteiger partial charge < -0.3 is 10.6 Å². The largest absolute Gasteiger partial charge is 0.343 e. The average Bonchev–Trinajstić information content (AvgIpc) is 2.55. The molecule has 4 nitrogen and oxygen atoms in total. The van der Waals surface area contributed by atoms with Crippen LogP contribution in [-0.2, 0) is 9.59 Å². The molecule has 0 aromatic heterocycles. The Labute approximate surface area is 146 Å². The molecular formula is C20H21FN2O2. The molecule has 0 aliphatic carbocycles. The number of amides is 2. The maximum absolute atomic E-state index is 13.5. The molecule has 2 N–H and O–H groups in total. The number of benzene rings is 2. The van der Waals surface area contributed by atoms with Gasteiger partial charge in [-0.1, -0.05) is 35.9 Å². The molecule has 0 aliphatic heterocycles. The third-order valence-corrected chi connectivity index (χ3v) is 3.68. The molecule has 130 valence electrons. The number of aryl methyl sites for hydroxylation is 3. The molecule has 2 aromatic rings. The van der Waals surface area contributed by atoms with Crippen LogP contribution in [-0.4, -0.2) is 18.4 Å². The van der Waals surface area contributed by atoms with E-state index in [0.717, 1.165) is 22.4 Å². The van der Waals surface area contributed by atoms with Crippen LogP contribution in [0.25, 0.3) is 6.08 Å². The quantitative estimate of drug-likeness (QED) is 0.818. The number of rotatable bonds is 5. The third kappa shape index (κ3) is 5.28. The van der Waals surface area contributed by atoms with Crippen LogP contribution in [0, 0.1) is 26.6 Å². The van der Waals surface area contributed by atoms with Crippen molar-refractivity contribution in [2.75, 3.05) is 11.9 Å². The summed E-state index contributed by atoms with van der Waals surface area (Å²) in [6, 6.07) is 10.1. The summed E-state index contributed by atoms with van der Waals surface area (Å²) in [5.41, 5.74) is 4.13. The summed E-state index contributed by atoms with van der Waals surface area (Å²) in [5, 5.41) is 5.29. The second kappa shape index (κ2) is 8.24. The van der Waals surface area contributed by atoms with E-state index in [1.54, 1.807) is 18.2 Å². The van der Waals surface area contributed by atoms with Gasteiger partial charge >= 0.3 is 0 Å². The van der Waals surface area contributed by atoms with E-state index in [9.17, 15) is 14.0 Å². The molecule has 0 aliphatic rings. The molecule has 0 spiro atoms. The van der Waals surface area contributed by atoms with Crippen LogP contribution in [0.5, 0.6) is 0 Å². The summed E-state index contributed by atoms with van der Waals surface area (Å²) in [5.74, 6) is -1.19. The number of hydrogen-bond acceptors (Lipinski definition) is 2. The minimum Gasteiger partial charge on any atom is -0.343 e. The zero-order chi connectivity index (χ0) is 18.4. The van der Waals surface area contributed by atoms with Crippen LogP contribution in [0.2, 0.25) is 0 Å². The highest BCUT2D eigenvalue weighted by molar-refractivity contribution is 5.98. The summed E-state index contributed by atoms with van der Waals surface area (Å²) in [4.78, 5) is 23.8. The van der Waals surface area contributed by atoms with Gasteiger partial charge in [-0.25, -0.2) is 4.39 Å². The lowest BCUT2D eigenvalue weighted by atomic mass is 10.1. The Morgan fingerprint density at radius 1 is 1.08 bits per heavy atom. The highest BCUT2D eigenvalue weighted by Gasteiger charge is 2.09. The first kappa shape index (κ1) is 18.4. The number of carbonyl (C=O) groups is 2. The van der Waals surface area contributed by atoms with E-state index < -0.39 is 11.7 Å². The molecule has 2 amide bonds. The average molecular weight is 340 g/mol. The Kier molecular flexibility index (Phi) is 6.06. The smallest absolute Gasteiger partial charge is 0.244 e. The third-order valence-electron chi connectivity index (χ3n) is 3.68. The van der Waals surface area contributed by atoms with E-state index in [4.69, 9.17) is 0 Å². The minimum atomic E-state index is -0.462. The predicted octanol–water partition coefficient (Wildman–Crippen LogP) is 3.52. The molecule has 0 radical (unpaired) electrons. The number of carbonyl (C=O) groups excluding carboxylic acids is 2. The molecule has 0 saturated carbocycles. The lowest BCUT2D eigenvalue weighted by Crippen LogP contribution is -2.32. The van der Waals surface area contributed by atoms with E-state index >= 15 is 0 Å². The summed E-state index contributed by atoms with van der Waals surface area (Å²) >= 11 is 0. The summed E-state index contributed by atoms with van der Waals surface area (Å²) in [7, 11) is 0. The van der Waals surface area contributed by atoms with E-state index in [2.05, 4.69) is 10.6 Å². The molecule has 0 fully saturated rings. The molecule has 0 saturated heterocycles. The Bertz CT molecular complexity index is 805. The zero-order valence-corrected chi connectivity index (χ0v) is 14.5. The number of anilines is 1. The topological polar surface area (TPSA) is 58.2 Å². The van der Waals surface area contributed by atoms with Crippen LogP contribution in [0.4, 0.5) is 10.1 Å². The van der Waals surface area contributed by atoms with Crippen LogP contribution >= 0.6 is 0 Å². The van der Waals surface area contributed by atoms with Crippen molar-refractivity contribution >= 4 is 23.6 Å². The van der Waals surface area contributed by atoms with Crippen LogP contribution < -0.4 is 10.6 Å². The number of nitrogens with one attached hydrogen (secondary N) is 2. The summed E-state index contributed by atoms with van der Waals surface area (Å²) in [6.45, 7) is 5.68. The first-order valence-corrected chi connectivity index (χ1v) is 7.95. The van der Waals surface area contributed by atoms with Gasteiger partial charge in [-0.3, -0.25) is 9.59 Å².